The molecule has 5 nitrogen and oxygen atoms in total. The summed E-state index contributed by atoms with van der Waals surface area (Å²) in [6.07, 6.45) is 0. The van der Waals surface area contributed by atoms with E-state index in [2.05, 4.69) is 9.71 Å². The highest BCUT2D eigenvalue weighted by Gasteiger charge is 2.21. The van der Waals surface area contributed by atoms with Gasteiger partial charge in [0.15, 0.2) is 0 Å². The zero-order chi connectivity index (χ0) is 15.7. The van der Waals surface area contributed by atoms with Crippen LogP contribution in [0.5, 0.6) is 0 Å². The van der Waals surface area contributed by atoms with Crippen molar-refractivity contribution in [3.8, 4) is 11.3 Å². The molecule has 21 heavy (non-hydrogen) atoms. The number of benzene rings is 1. The topological polar surface area (TPSA) is 79.0 Å². The molecule has 0 spiro atoms. The summed E-state index contributed by atoms with van der Waals surface area (Å²) in [4.78, 5) is 14.2. The van der Waals surface area contributed by atoms with E-state index < -0.39 is 15.6 Å². The molecule has 112 valence electrons. The van der Waals surface area contributed by atoms with Gasteiger partial charge in [0.25, 0.3) is 0 Å². The molecular weight excluding hydrogens is 288 g/mol. The van der Waals surface area contributed by atoms with E-state index in [0.29, 0.717) is 5.69 Å². The first-order valence-electron chi connectivity index (χ1n) is 6.51. The Morgan fingerprint density at radius 1 is 1.00 bits per heavy atom. The molecule has 1 heterocycles. The first kappa shape index (κ1) is 15.5. The van der Waals surface area contributed by atoms with Crippen LogP contribution < -0.4 is 10.3 Å². The molecule has 0 aliphatic heterocycles. The zero-order valence-corrected chi connectivity index (χ0v) is 13.0. The van der Waals surface area contributed by atoms with Gasteiger partial charge in [0.05, 0.1) is 4.90 Å². The first-order chi connectivity index (χ1) is 9.67. The summed E-state index contributed by atoms with van der Waals surface area (Å²) >= 11 is 0. The highest BCUT2D eigenvalue weighted by molar-refractivity contribution is 7.89. The smallest absolute Gasteiger partial charge is 0.248 e. The first-order valence-corrected chi connectivity index (χ1v) is 7.99. The molecule has 0 saturated heterocycles. The van der Waals surface area contributed by atoms with E-state index in [1.54, 1.807) is 45.0 Å². The molecule has 1 aromatic carbocycles. The van der Waals surface area contributed by atoms with Crippen molar-refractivity contribution in [3.05, 3.63) is 52.8 Å². The van der Waals surface area contributed by atoms with Crippen LogP contribution in [0.2, 0.25) is 0 Å². The number of nitrogens with one attached hydrogen (secondary N) is 2. The molecule has 0 aliphatic rings. The summed E-state index contributed by atoms with van der Waals surface area (Å²) in [6, 6.07) is 11.2. The van der Waals surface area contributed by atoms with Gasteiger partial charge in [-0.15, -0.1) is 0 Å². The van der Waals surface area contributed by atoms with E-state index >= 15 is 0 Å². The number of sulfonamides is 1. The van der Waals surface area contributed by atoms with Crippen LogP contribution in [0, 0.1) is 0 Å². The van der Waals surface area contributed by atoms with Crippen molar-refractivity contribution in [3.63, 3.8) is 0 Å². The minimum Gasteiger partial charge on any atom is -0.322 e. The van der Waals surface area contributed by atoms with Crippen LogP contribution in [0.15, 0.2) is 52.2 Å². The molecule has 2 aromatic rings. The fraction of sp³-hybridized carbons (Fsp3) is 0.267. The van der Waals surface area contributed by atoms with Gasteiger partial charge in [-0.2, -0.15) is 0 Å². The number of hydrogen-bond donors (Lipinski definition) is 2. The van der Waals surface area contributed by atoms with Crippen molar-refractivity contribution >= 4 is 10.0 Å². The molecule has 2 N–H and O–H groups in total. The normalized spacial score (nSPS) is 12.3. The molecule has 6 heteroatoms. The van der Waals surface area contributed by atoms with Gasteiger partial charge in [0.1, 0.15) is 0 Å². The standard InChI is InChI=1S/C15H18N2O3S/c1-15(2,3)17-21(19,20)12-9-7-11(8-10-12)13-5-4-6-14(18)16-13/h4-10,17H,1-3H3,(H,16,18). The second kappa shape index (κ2) is 5.46. The van der Waals surface area contributed by atoms with Crippen molar-refractivity contribution in [1.82, 2.24) is 9.71 Å². The summed E-state index contributed by atoms with van der Waals surface area (Å²) in [5.74, 6) is 0. The van der Waals surface area contributed by atoms with Crippen LogP contribution in [0.1, 0.15) is 20.8 Å². The molecular formula is C15H18N2O3S. The molecule has 0 amide bonds. The minimum absolute atomic E-state index is 0.194. The second-order valence-electron chi connectivity index (χ2n) is 5.81. The molecule has 0 saturated carbocycles. The van der Waals surface area contributed by atoms with E-state index in [1.807, 2.05) is 0 Å². The average molecular weight is 306 g/mol. The zero-order valence-electron chi connectivity index (χ0n) is 12.2. The monoisotopic (exact) mass is 306 g/mol. The second-order valence-corrected chi connectivity index (χ2v) is 7.49. The van der Waals surface area contributed by atoms with E-state index in [1.165, 1.54) is 18.2 Å². The highest BCUT2D eigenvalue weighted by atomic mass is 32.2. The van der Waals surface area contributed by atoms with Crippen LogP contribution in [0.25, 0.3) is 11.3 Å². The molecule has 1 aromatic heterocycles. The number of aromatic nitrogens is 1. The summed E-state index contributed by atoms with van der Waals surface area (Å²) in [7, 11) is -3.55. The average Bonchev–Trinajstić information content (AvgIpc) is 2.36. The summed E-state index contributed by atoms with van der Waals surface area (Å²) < 4.78 is 27.0. The lowest BCUT2D eigenvalue weighted by Crippen LogP contribution is -2.40. The minimum atomic E-state index is -3.55. The molecule has 2 rings (SSSR count). The summed E-state index contributed by atoms with van der Waals surface area (Å²) in [6.45, 7) is 5.36. The fourth-order valence-electron chi connectivity index (χ4n) is 1.89. The molecule has 0 bridgehead atoms. The van der Waals surface area contributed by atoms with Crippen molar-refractivity contribution in [2.75, 3.05) is 0 Å². The Kier molecular flexibility index (Phi) is 4.02. The molecule has 0 atom stereocenters. The third-order valence-electron chi connectivity index (χ3n) is 2.68. The lowest BCUT2D eigenvalue weighted by atomic mass is 10.1. The third-order valence-corrected chi connectivity index (χ3v) is 4.46. The van der Waals surface area contributed by atoms with Gasteiger partial charge in [0.2, 0.25) is 15.6 Å². The third kappa shape index (κ3) is 4.03. The molecule has 0 fully saturated rings. The largest absolute Gasteiger partial charge is 0.322 e. The SMILES string of the molecule is CC(C)(C)NS(=O)(=O)c1ccc(-c2cccc(=O)[nH]2)cc1. The van der Waals surface area contributed by atoms with Crippen LogP contribution in [-0.4, -0.2) is 18.9 Å². The van der Waals surface area contributed by atoms with E-state index in [4.69, 9.17) is 0 Å². The summed E-state index contributed by atoms with van der Waals surface area (Å²) in [5, 5.41) is 0. The maximum Gasteiger partial charge on any atom is 0.248 e. The maximum absolute atomic E-state index is 12.2. The van der Waals surface area contributed by atoms with Gasteiger partial charge < -0.3 is 4.98 Å². The van der Waals surface area contributed by atoms with Crippen molar-refractivity contribution < 1.29 is 8.42 Å². The number of aromatic amines is 1. The van der Waals surface area contributed by atoms with Gasteiger partial charge in [-0.3, -0.25) is 4.79 Å². The molecule has 0 aliphatic carbocycles. The van der Waals surface area contributed by atoms with Crippen LogP contribution >= 0.6 is 0 Å². The predicted molar refractivity (Wildman–Crippen MR) is 82.6 cm³/mol. The Hall–Kier alpha value is -1.92. The van der Waals surface area contributed by atoms with Crippen molar-refractivity contribution in [1.29, 1.82) is 0 Å². The Labute approximate surface area is 124 Å². The Morgan fingerprint density at radius 2 is 1.62 bits per heavy atom. The lowest BCUT2D eigenvalue weighted by Gasteiger charge is -2.20. The quantitative estimate of drug-likeness (QED) is 0.911. The van der Waals surface area contributed by atoms with Crippen molar-refractivity contribution in [2.45, 2.75) is 31.2 Å². The Bertz CT molecular complexity index is 785. The molecule has 0 radical (unpaired) electrons. The van der Waals surface area contributed by atoms with Crippen LogP contribution in [0.4, 0.5) is 0 Å². The number of pyridine rings is 1. The van der Waals surface area contributed by atoms with Crippen molar-refractivity contribution in [2.24, 2.45) is 0 Å². The van der Waals surface area contributed by atoms with E-state index in [0.717, 1.165) is 5.56 Å². The van der Waals surface area contributed by atoms with Gasteiger partial charge in [-0.25, -0.2) is 13.1 Å². The van der Waals surface area contributed by atoms with E-state index in [9.17, 15) is 13.2 Å². The van der Waals surface area contributed by atoms with Gasteiger partial charge >= 0.3 is 0 Å². The fourth-order valence-corrected chi connectivity index (χ4v) is 3.31. The number of rotatable bonds is 3. The summed E-state index contributed by atoms with van der Waals surface area (Å²) in [5.41, 5.74) is 0.665. The predicted octanol–water partition coefficient (Wildman–Crippen LogP) is 2.12. The van der Waals surface area contributed by atoms with Gasteiger partial charge in [-0.1, -0.05) is 18.2 Å². The Morgan fingerprint density at radius 3 is 2.14 bits per heavy atom. The maximum atomic E-state index is 12.2. The van der Waals surface area contributed by atoms with E-state index in [-0.39, 0.29) is 10.5 Å². The highest BCUT2D eigenvalue weighted by Crippen LogP contribution is 2.19. The van der Waals surface area contributed by atoms with Crippen LogP contribution in [-0.2, 0) is 10.0 Å². The molecule has 0 unspecified atom stereocenters. The van der Waals surface area contributed by atoms with Gasteiger partial charge in [0, 0.05) is 17.3 Å². The lowest BCUT2D eigenvalue weighted by molar-refractivity contribution is 0.491. The Balaban J connectivity index is 2.33. The number of H-pyrrole nitrogens is 1. The number of hydrogen-bond acceptors (Lipinski definition) is 3. The van der Waals surface area contributed by atoms with Gasteiger partial charge in [-0.05, 0) is 44.5 Å². The van der Waals surface area contributed by atoms with Crippen LogP contribution in [0.3, 0.4) is 0 Å².